The Morgan fingerprint density at radius 2 is 2.23 bits per heavy atom. The van der Waals surface area contributed by atoms with Crippen LogP contribution in [0.15, 0.2) is 36.8 Å². The van der Waals surface area contributed by atoms with Crippen LogP contribution in [0.3, 0.4) is 0 Å². The summed E-state index contributed by atoms with van der Waals surface area (Å²) in [6.45, 7) is 1.77. The summed E-state index contributed by atoms with van der Waals surface area (Å²) in [5.74, 6) is 0.356. The number of fused-ring (bicyclic) bond motifs is 1. The number of hydrogen-bond acceptors (Lipinski definition) is 5. The molecule has 2 heterocycles. The maximum Gasteiger partial charge on any atom is 0.238 e. The Balaban J connectivity index is 2.00. The minimum absolute atomic E-state index is 0.131. The lowest BCUT2D eigenvalue weighted by Crippen LogP contribution is -2.29. The SMILES string of the molecule is CCC(=O)NNc1ncnc2c1cnn2-c1cccc(Cl)c1. The van der Waals surface area contributed by atoms with Crippen molar-refractivity contribution >= 4 is 34.4 Å². The van der Waals surface area contributed by atoms with E-state index in [0.717, 1.165) is 5.69 Å². The number of anilines is 1. The summed E-state index contributed by atoms with van der Waals surface area (Å²) >= 11 is 6.01. The number of carbonyl (C=O) groups excluding carboxylic acids is 1. The highest BCUT2D eigenvalue weighted by Crippen LogP contribution is 2.22. The molecule has 3 aromatic rings. The molecule has 0 radical (unpaired) electrons. The second-order valence-corrected chi connectivity index (χ2v) is 4.96. The number of hydrazine groups is 1. The van der Waals surface area contributed by atoms with Crippen LogP contribution in [-0.2, 0) is 4.79 Å². The maximum absolute atomic E-state index is 11.3. The molecule has 0 spiro atoms. The van der Waals surface area contributed by atoms with Gasteiger partial charge in [-0.3, -0.25) is 15.6 Å². The molecule has 22 heavy (non-hydrogen) atoms. The fourth-order valence-corrected chi connectivity index (χ4v) is 2.14. The fraction of sp³-hybridized carbons (Fsp3) is 0.143. The van der Waals surface area contributed by atoms with Gasteiger partial charge in [-0.25, -0.2) is 14.6 Å². The van der Waals surface area contributed by atoms with Crippen molar-refractivity contribution in [3.63, 3.8) is 0 Å². The van der Waals surface area contributed by atoms with Crippen molar-refractivity contribution in [3.8, 4) is 5.69 Å². The first-order chi connectivity index (χ1) is 10.7. The minimum atomic E-state index is -0.131. The van der Waals surface area contributed by atoms with Gasteiger partial charge in [0.2, 0.25) is 5.91 Å². The average molecular weight is 317 g/mol. The number of benzene rings is 1. The predicted octanol–water partition coefficient (Wildman–Crippen LogP) is 2.32. The van der Waals surface area contributed by atoms with Crippen molar-refractivity contribution in [1.29, 1.82) is 0 Å². The quantitative estimate of drug-likeness (QED) is 0.722. The molecule has 8 heteroatoms. The van der Waals surface area contributed by atoms with Crippen molar-refractivity contribution in [2.24, 2.45) is 0 Å². The van der Waals surface area contributed by atoms with Gasteiger partial charge in [-0.1, -0.05) is 24.6 Å². The molecule has 2 N–H and O–H groups in total. The molecule has 0 aliphatic carbocycles. The van der Waals surface area contributed by atoms with E-state index in [2.05, 4.69) is 25.9 Å². The molecule has 1 amide bonds. The van der Waals surface area contributed by atoms with E-state index in [-0.39, 0.29) is 5.91 Å². The molecule has 0 saturated carbocycles. The van der Waals surface area contributed by atoms with Gasteiger partial charge in [-0.15, -0.1) is 0 Å². The molecule has 0 bridgehead atoms. The van der Waals surface area contributed by atoms with E-state index < -0.39 is 0 Å². The van der Waals surface area contributed by atoms with Gasteiger partial charge in [0.25, 0.3) is 0 Å². The molecule has 7 nitrogen and oxygen atoms in total. The Kier molecular flexibility index (Phi) is 3.88. The van der Waals surface area contributed by atoms with Gasteiger partial charge in [0.15, 0.2) is 11.5 Å². The van der Waals surface area contributed by atoms with Crippen LogP contribution in [0.25, 0.3) is 16.7 Å². The van der Waals surface area contributed by atoms with E-state index in [1.165, 1.54) is 6.33 Å². The standard InChI is InChI=1S/C14H13ClN6O/c1-2-12(22)19-20-13-11-7-18-21(14(11)17-8-16-13)10-5-3-4-9(15)6-10/h3-8H,2H2,1H3,(H,19,22)(H,16,17,20). The first-order valence-electron chi connectivity index (χ1n) is 6.68. The molecule has 0 aliphatic rings. The zero-order chi connectivity index (χ0) is 15.5. The Bertz CT molecular complexity index is 831. The normalized spacial score (nSPS) is 10.6. The van der Waals surface area contributed by atoms with E-state index in [1.54, 1.807) is 29.9 Å². The van der Waals surface area contributed by atoms with E-state index in [4.69, 9.17) is 11.6 Å². The molecular formula is C14H13ClN6O. The van der Waals surface area contributed by atoms with Crippen molar-refractivity contribution in [2.75, 3.05) is 5.43 Å². The summed E-state index contributed by atoms with van der Waals surface area (Å²) in [4.78, 5) is 19.7. The van der Waals surface area contributed by atoms with E-state index in [1.807, 2.05) is 12.1 Å². The summed E-state index contributed by atoms with van der Waals surface area (Å²) < 4.78 is 1.66. The molecule has 0 aliphatic heterocycles. The van der Waals surface area contributed by atoms with E-state index in [9.17, 15) is 4.79 Å². The van der Waals surface area contributed by atoms with Crippen LogP contribution in [0.1, 0.15) is 13.3 Å². The van der Waals surface area contributed by atoms with Gasteiger partial charge in [0, 0.05) is 11.4 Å². The highest BCUT2D eigenvalue weighted by Gasteiger charge is 2.11. The minimum Gasteiger partial charge on any atom is -0.281 e. The summed E-state index contributed by atoms with van der Waals surface area (Å²) in [6, 6.07) is 7.31. The summed E-state index contributed by atoms with van der Waals surface area (Å²) in [5.41, 5.74) is 6.76. The predicted molar refractivity (Wildman–Crippen MR) is 83.7 cm³/mol. The number of nitrogens with one attached hydrogen (secondary N) is 2. The first kappa shape index (κ1) is 14.3. The van der Waals surface area contributed by atoms with E-state index in [0.29, 0.717) is 28.3 Å². The highest BCUT2D eigenvalue weighted by atomic mass is 35.5. The largest absolute Gasteiger partial charge is 0.281 e. The summed E-state index contributed by atoms with van der Waals surface area (Å²) in [7, 11) is 0. The number of rotatable bonds is 4. The molecular weight excluding hydrogens is 304 g/mol. The van der Waals surface area contributed by atoms with Gasteiger partial charge in [0.1, 0.15) is 6.33 Å². The molecule has 0 atom stereocenters. The van der Waals surface area contributed by atoms with Crippen LogP contribution in [0, 0.1) is 0 Å². The summed E-state index contributed by atoms with van der Waals surface area (Å²) in [5, 5.41) is 5.63. The number of hydrogen-bond donors (Lipinski definition) is 2. The molecule has 0 fully saturated rings. The number of aromatic nitrogens is 4. The lowest BCUT2D eigenvalue weighted by atomic mass is 10.3. The topological polar surface area (TPSA) is 84.7 Å². The lowest BCUT2D eigenvalue weighted by Gasteiger charge is -2.07. The van der Waals surface area contributed by atoms with Gasteiger partial charge < -0.3 is 0 Å². The first-order valence-corrected chi connectivity index (χ1v) is 7.06. The van der Waals surface area contributed by atoms with Crippen LogP contribution in [0.5, 0.6) is 0 Å². The lowest BCUT2D eigenvalue weighted by molar-refractivity contribution is -0.120. The van der Waals surface area contributed by atoms with Gasteiger partial charge in [-0.05, 0) is 18.2 Å². The Morgan fingerprint density at radius 1 is 1.36 bits per heavy atom. The maximum atomic E-state index is 11.3. The zero-order valence-electron chi connectivity index (χ0n) is 11.7. The van der Waals surface area contributed by atoms with Crippen LogP contribution in [0.4, 0.5) is 5.82 Å². The van der Waals surface area contributed by atoms with Gasteiger partial charge in [-0.2, -0.15) is 5.10 Å². The number of halogens is 1. The Hall–Kier alpha value is -2.67. The zero-order valence-corrected chi connectivity index (χ0v) is 12.5. The Morgan fingerprint density at radius 3 is 3.00 bits per heavy atom. The molecule has 1 aromatic carbocycles. The van der Waals surface area contributed by atoms with Gasteiger partial charge in [0.05, 0.1) is 17.3 Å². The van der Waals surface area contributed by atoms with Crippen molar-refractivity contribution in [3.05, 3.63) is 41.8 Å². The molecule has 0 saturated heterocycles. The molecule has 2 aromatic heterocycles. The molecule has 0 unspecified atom stereocenters. The average Bonchev–Trinajstić information content (AvgIpc) is 2.97. The molecule has 112 valence electrons. The second kappa shape index (κ2) is 5.98. The third-order valence-corrected chi connectivity index (χ3v) is 3.30. The van der Waals surface area contributed by atoms with Crippen LogP contribution < -0.4 is 10.9 Å². The number of nitrogens with zero attached hydrogens (tertiary/aromatic N) is 4. The second-order valence-electron chi connectivity index (χ2n) is 4.52. The smallest absolute Gasteiger partial charge is 0.238 e. The van der Waals surface area contributed by atoms with Crippen molar-refractivity contribution < 1.29 is 4.79 Å². The Labute approximate surface area is 131 Å². The van der Waals surface area contributed by atoms with Crippen LogP contribution >= 0.6 is 11.6 Å². The van der Waals surface area contributed by atoms with Crippen LogP contribution in [-0.4, -0.2) is 25.7 Å². The number of carbonyl (C=O) groups is 1. The third-order valence-electron chi connectivity index (χ3n) is 3.06. The van der Waals surface area contributed by atoms with Crippen molar-refractivity contribution in [2.45, 2.75) is 13.3 Å². The highest BCUT2D eigenvalue weighted by molar-refractivity contribution is 6.30. The number of amides is 1. The third kappa shape index (κ3) is 2.71. The monoisotopic (exact) mass is 316 g/mol. The fourth-order valence-electron chi connectivity index (χ4n) is 1.96. The van der Waals surface area contributed by atoms with Crippen molar-refractivity contribution in [1.82, 2.24) is 25.2 Å². The van der Waals surface area contributed by atoms with Gasteiger partial charge >= 0.3 is 0 Å². The summed E-state index contributed by atoms with van der Waals surface area (Å²) in [6.07, 6.45) is 3.42. The van der Waals surface area contributed by atoms with E-state index >= 15 is 0 Å². The molecule has 3 rings (SSSR count). The van der Waals surface area contributed by atoms with Crippen LogP contribution in [0.2, 0.25) is 5.02 Å².